The highest BCUT2D eigenvalue weighted by Gasteiger charge is 2.20. The normalized spacial score (nSPS) is 11.1. The largest absolute Gasteiger partial charge is 0.280 e. The molecule has 0 N–H and O–H groups in total. The van der Waals surface area contributed by atoms with Crippen molar-refractivity contribution in [3.8, 4) is 5.69 Å². The van der Waals surface area contributed by atoms with Crippen LogP contribution in [0.5, 0.6) is 0 Å². The molecule has 0 spiro atoms. The first-order valence-corrected chi connectivity index (χ1v) is 6.30. The van der Waals surface area contributed by atoms with Crippen LogP contribution in [0.3, 0.4) is 0 Å². The molecule has 0 unspecified atom stereocenters. The molecule has 0 radical (unpaired) electrons. The lowest BCUT2D eigenvalue weighted by Crippen LogP contribution is -2.03. The topological polar surface area (TPSA) is 17.8 Å². The maximum Gasteiger partial charge on any atom is 0.280 e. The highest BCUT2D eigenvalue weighted by Crippen LogP contribution is 2.27. The highest BCUT2D eigenvalue weighted by atomic mass is 79.9. The van der Waals surface area contributed by atoms with Gasteiger partial charge in [-0.3, -0.25) is 0 Å². The number of rotatable bonds is 3. The van der Waals surface area contributed by atoms with Crippen LogP contribution >= 0.6 is 27.5 Å². The van der Waals surface area contributed by atoms with Gasteiger partial charge in [-0.15, -0.1) is 0 Å². The molecule has 0 aliphatic heterocycles. The molecule has 1 aromatic carbocycles. The van der Waals surface area contributed by atoms with Crippen LogP contribution in [0.15, 0.2) is 30.5 Å². The summed E-state index contributed by atoms with van der Waals surface area (Å²) in [7, 11) is 0. The van der Waals surface area contributed by atoms with E-state index in [2.05, 4.69) is 21.0 Å². The Hall–Kier alpha value is -0.940. The van der Waals surface area contributed by atoms with Gasteiger partial charge in [0.15, 0.2) is 0 Å². The average Bonchev–Trinajstić information content (AvgIpc) is 2.73. The molecule has 90 valence electrons. The van der Waals surface area contributed by atoms with Crippen LogP contribution in [0.4, 0.5) is 8.78 Å². The quantitative estimate of drug-likeness (QED) is 0.768. The second-order valence-corrected chi connectivity index (χ2v) is 4.37. The van der Waals surface area contributed by atoms with Gasteiger partial charge in [0, 0.05) is 15.9 Å². The average molecular weight is 322 g/mol. The molecule has 0 saturated heterocycles. The Morgan fingerprint density at radius 3 is 2.47 bits per heavy atom. The van der Waals surface area contributed by atoms with Crippen LogP contribution in [-0.2, 0) is 5.33 Å². The predicted molar refractivity (Wildman–Crippen MR) is 66.2 cm³/mol. The molecule has 2 rings (SSSR count). The van der Waals surface area contributed by atoms with Gasteiger partial charge in [0.1, 0.15) is 5.69 Å². The first-order valence-electron chi connectivity index (χ1n) is 4.80. The molecule has 6 heteroatoms. The number of alkyl halides is 3. The summed E-state index contributed by atoms with van der Waals surface area (Å²) in [5, 5.41) is 4.87. The van der Waals surface area contributed by atoms with Crippen LogP contribution in [0.25, 0.3) is 5.69 Å². The number of hydrogen-bond donors (Lipinski definition) is 0. The predicted octanol–water partition coefficient (Wildman–Crippen LogP) is 4.36. The van der Waals surface area contributed by atoms with E-state index in [1.807, 2.05) is 0 Å². The summed E-state index contributed by atoms with van der Waals surface area (Å²) in [4.78, 5) is 0. The third-order valence-corrected chi connectivity index (χ3v) is 3.16. The first kappa shape index (κ1) is 12.5. The molecule has 0 atom stereocenters. The zero-order valence-electron chi connectivity index (χ0n) is 8.58. The summed E-state index contributed by atoms with van der Waals surface area (Å²) in [6.07, 6.45) is -1.13. The van der Waals surface area contributed by atoms with Gasteiger partial charge in [0.2, 0.25) is 0 Å². The molecule has 1 heterocycles. The summed E-state index contributed by atoms with van der Waals surface area (Å²) >= 11 is 8.91. The van der Waals surface area contributed by atoms with Crippen LogP contribution in [-0.4, -0.2) is 9.78 Å². The van der Waals surface area contributed by atoms with Crippen molar-refractivity contribution in [3.63, 3.8) is 0 Å². The standard InChI is InChI=1S/C11H8BrClF2N2/c12-5-7-6-16-17(10(7)11(14)15)9-3-1-8(13)2-4-9/h1-4,6,11H,5H2. The van der Waals surface area contributed by atoms with Crippen LogP contribution in [0.1, 0.15) is 17.7 Å². The van der Waals surface area contributed by atoms with Crippen molar-refractivity contribution < 1.29 is 8.78 Å². The summed E-state index contributed by atoms with van der Waals surface area (Å²) < 4.78 is 27.2. The van der Waals surface area contributed by atoms with Gasteiger partial charge in [-0.2, -0.15) is 5.10 Å². The Morgan fingerprint density at radius 1 is 1.29 bits per heavy atom. The van der Waals surface area contributed by atoms with Crippen LogP contribution < -0.4 is 0 Å². The number of benzene rings is 1. The van der Waals surface area contributed by atoms with Gasteiger partial charge >= 0.3 is 0 Å². The molecule has 0 aliphatic carbocycles. The molecule has 0 saturated carbocycles. The van der Waals surface area contributed by atoms with E-state index in [-0.39, 0.29) is 5.69 Å². The molecule has 0 amide bonds. The molecule has 0 aliphatic rings. The number of aromatic nitrogens is 2. The zero-order chi connectivity index (χ0) is 12.4. The summed E-state index contributed by atoms with van der Waals surface area (Å²) in [6.45, 7) is 0. The lowest BCUT2D eigenvalue weighted by atomic mass is 10.2. The highest BCUT2D eigenvalue weighted by molar-refractivity contribution is 9.08. The maximum absolute atomic E-state index is 13.0. The van der Waals surface area contributed by atoms with Gasteiger partial charge in [-0.05, 0) is 24.3 Å². The Morgan fingerprint density at radius 2 is 1.94 bits per heavy atom. The Kier molecular flexibility index (Phi) is 3.79. The fraction of sp³-hybridized carbons (Fsp3) is 0.182. The zero-order valence-corrected chi connectivity index (χ0v) is 10.9. The van der Waals surface area contributed by atoms with Gasteiger partial charge in [-0.25, -0.2) is 13.5 Å². The molecular weight excluding hydrogens is 313 g/mol. The second-order valence-electron chi connectivity index (χ2n) is 3.38. The molecule has 2 aromatic rings. The van der Waals surface area contributed by atoms with Crippen molar-refractivity contribution in [1.29, 1.82) is 0 Å². The van der Waals surface area contributed by atoms with E-state index in [9.17, 15) is 8.78 Å². The van der Waals surface area contributed by atoms with E-state index in [0.29, 0.717) is 21.6 Å². The Bertz CT molecular complexity index is 511. The van der Waals surface area contributed by atoms with Crippen molar-refractivity contribution in [3.05, 3.63) is 46.7 Å². The van der Waals surface area contributed by atoms with Gasteiger partial charge in [-0.1, -0.05) is 27.5 Å². The SMILES string of the molecule is FC(F)c1c(CBr)cnn1-c1ccc(Cl)cc1. The maximum atomic E-state index is 13.0. The Balaban J connectivity index is 2.51. The van der Waals surface area contributed by atoms with Gasteiger partial charge < -0.3 is 0 Å². The van der Waals surface area contributed by atoms with Crippen LogP contribution in [0, 0.1) is 0 Å². The van der Waals surface area contributed by atoms with Gasteiger partial charge in [0.05, 0.1) is 11.9 Å². The molecule has 17 heavy (non-hydrogen) atoms. The minimum Gasteiger partial charge on any atom is -0.232 e. The minimum atomic E-state index is -2.57. The second kappa shape index (κ2) is 5.14. The minimum absolute atomic E-state index is 0.0933. The van der Waals surface area contributed by atoms with Crippen molar-refractivity contribution in [2.45, 2.75) is 11.8 Å². The van der Waals surface area contributed by atoms with E-state index in [1.54, 1.807) is 24.3 Å². The monoisotopic (exact) mass is 320 g/mol. The third kappa shape index (κ3) is 2.50. The fourth-order valence-electron chi connectivity index (χ4n) is 1.52. The summed E-state index contributed by atoms with van der Waals surface area (Å²) in [6, 6.07) is 6.59. The van der Waals surface area contributed by atoms with Crippen LogP contribution in [0.2, 0.25) is 5.02 Å². The fourth-order valence-corrected chi connectivity index (χ4v) is 2.07. The van der Waals surface area contributed by atoms with Gasteiger partial charge in [0.25, 0.3) is 6.43 Å². The summed E-state index contributed by atoms with van der Waals surface area (Å²) in [5.74, 6) is 0. The molecule has 0 bridgehead atoms. The number of nitrogens with zero attached hydrogens (tertiary/aromatic N) is 2. The number of halogens is 4. The molecular formula is C11H8BrClF2N2. The Labute approximate surface area is 110 Å². The van der Waals surface area contributed by atoms with Crippen molar-refractivity contribution in [2.24, 2.45) is 0 Å². The smallest absolute Gasteiger partial charge is 0.232 e. The number of hydrogen-bond acceptors (Lipinski definition) is 1. The first-order chi connectivity index (χ1) is 8.13. The van der Waals surface area contributed by atoms with Crippen molar-refractivity contribution in [1.82, 2.24) is 9.78 Å². The van der Waals surface area contributed by atoms with E-state index in [0.717, 1.165) is 0 Å². The van der Waals surface area contributed by atoms with Crippen molar-refractivity contribution >= 4 is 27.5 Å². The molecule has 1 aromatic heterocycles. The third-order valence-electron chi connectivity index (χ3n) is 2.31. The van der Waals surface area contributed by atoms with E-state index >= 15 is 0 Å². The van der Waals surface area contributed by atoms with Crippen molar-refractivity contribution in [2.75, 3.05) is 0 Å². The van der Waals surface area contributed by atoms with E-state index < -0.39 is 6.43 Å². The molecule has 0 fully saturated rings. The summed E-state index contributed by atoms with van der Waals surface area (Å²) in [5.41, 5.74) is 0.955. The lowest BCUT2D eigenvalue weighted by Gasteiger charge is -2.08. The lowest BCUT2D eigenvalue weighted by molar-refractivity contribution is 0.142. The van der Waals surface area contributed by atoms with E-state index in [4.69, 9.17) is 11.6 Å². The van der Waals surface area contributed by atoms with E-state index in [1.165, 1.54) is 10.9 Å². The molecule has 2 nitrogen and oxygen atoms in total.